The summed E-state index contributed by atoms with van der Waals surface area (Å²) in [6.07, 6.45) is -1.08. The number of cyclic esters (lactones) is 1. The molecule has 7 heteroatoms. The van der Waals surface area contributed by atoms with Crippen LogP contribution in [-0.4, -0.2) is 20.6 Å². The number of benzene rings is 2. The number of fused-ring (bicyclic) bond motifs is 1. The number of rotatable bonds is 3. The smallest absolute Gasteiger partial charge is 0.339 e. The number of hydrogen-bond acceptors (Lipinski definition) is 5. The quantitative estimate of drug-likeness (QED) is 0.693. The minimum absolute atomic E-state index is 0.171. The Morgan fingerprint density at radius 2 is 1.70 bits per heavy atom. The number of ether oxygens (including phenoxy) is 1. The summed E-state index contributed by atoms with van der Waals surface area (Å²) in [6.45, 7) is 1.73. The molecule has 0 spiro atoms. The zero-order chi connectivity index (χ0) is 19.1. The number of nitrogens with zero attached hydrogens (tertiary/aromatic N) is 1. The predicted molar refractivity (Wildman–Crippen MR) is 96.9 cm³/mol. The molecule has 1 aromatic heterocycles. The molecule has 2 aromatic carbocycles. The molecule has 0 amide bonds. The number of nitrogens with one attached hydrogen (secondary N) is 1. The molecule has 7 nitrogen and oxygen atoms in total. The highest BCUT2D eigenvalue weighted by Gasteiger charge is 2.37. The molecule has 1 aliphatic rings. The van der Waals surface area contributed by atoms with Gasteiger partial charge in [-0.15, -0.1) is 0 Å². The number of carbonyl (C=O) groups excluding carboxylic acids is 1. The van der Waals surface area contributed by atoms with Crippen LogP contribution in [0.4, 0.5) is 0 Å². The number of carbonyl (C=O) groups is 1. The maximum absolute atomic E-state index is 12.5. The molecule has 0 saturated carbocycles. The van der Waals surface area contributed by atoms with Gasteiger partial charge in [-0.25, -0.2) is 9.59 Å². The van der Waals surface area contributed by atoms with Crippen LogP contribution < -0.4 is 11.2 Å². The van der Waals surface area contributed by atoms with E-state index in [0.29, 0.717) is 11.1 Å². The largest absolute Gasteiger partial charge is 0.494 e. The van der Waals surface area contributed by atoms with Crippen LogP contribution in [0.25, 0.3) is 0 Å². The Hall–Kier alpha value is -3.61. The predicted octanol–water partition coefficient (Wildman–Crippen LogP) is 2.11. The molecule has 0 radical (unpaired) electrons. The summed E-state index contributed by atoms with van der Waals surface area (Å²) >= 11 is 0. The van der Waals surface area contributed by atoms with Crippen LogP contribution in [-0.2, 0) is 4.74 Å². The Labute approximate surface area is 153 Å². The normalized spacial score (nSPS) is 16.6. The average Bonchev–Trinajstić information content (AvgIpc) is 2.99. The lowest BCUT2D eigenvalue weighted by Gasteiger charge is -2.20. The topological polar surface area (TPSA) is 101 Å². The molecule has 0 bridgehead atoms. The van der Waals surface area contributed by atoms with Crippen LogP contribution >= 0.6 is 0 Å². The van der Waals surface area contributed by atoms with Crippen molar-refractivity contribution in [3.63, 3.8) is 0 Å². The van der Waals surface area contributed by atoms with Crippen LogP contribution in [0.1, 0.15) is 46.1 Å². The van der Waals surface area contributed by atoms with Gasteiger partial charge in [0.15, 0.2) is 6.10 Å². The Bertz CT molecular complexity index is 1150. The molecule has 0 fully saturated rings. The first-order valence-electron chi connectivity index (χ1n) is 8.41. The van der Waals surface area contributed by atoms with Gasteiger partial charge in [0.2, 0.25) is 5.88 Å². The van der Waals surface area contributed by atoms with E-state index >= 15 is 0 Å². The van der Waals surface area contributed by atoms with Gasteiger partial charge in [0.1, 0.15) is 5.56 Å². The second-order valence-corrected chi connectivity index (χ2v) is 6.33. The second kappa shape index (κ2) is 6.28. The van der Waals surface area contributed by atoms with E-state index in [9.17, 15) is 19.5 Å². The molecule has 2 atom stereocenters. The molecule has 0 unspecified atom stereocenters. The van der Waals surface area contributed by atoms with Crippen molar-refractivity contribution in [3.8, 4) is 5.88 Å². The van der Waals surface area contributed by atoms with Crippen LogP contribution in [0.2, 0.25) is 0 Å². The SMILES string of the molecule is C[C@@H](c1ccccc1)n1c(O)c([C@@H]2OC(=O)c3ccccc32)c(=O)[nH]c1=O. The van der Waals surface area contributed by atoms with Gasteiger partial charge in [-0.2, -0.15) is 0 Å². The summed E-state index contributed by atoms with van der Waals surface area (Å²) in [4.78, 5) is 39.2. The first kappa shape index (κ1) is 16.8. The highest BCUT2D eigenvalue weighted by molar-refractivity contribution is 5.94. The van der Waals surface area contributed by atoms with E-state index in [1.165, 1.54) is 0 Å². The Balaban J connectivity index is 1.91. The Morgan fingerprint density at radius 1 is 1.04 bits per heavy atom. The van der Waals surface area contributed by atoms with Crippen LogP contribution in [0, 0.1) is 0 Å². The lowest BCUT2D eigenvalue weighted by atomic mass is 10.0. The molecular weight excluding hydrogens is 348 g/mol. The van der Waals surface area contributed by atoms with E-state index in [4.69, 9.17) is 4.74 Å². The number of esters is 1. The summed E-state index contributed by atoms with van der Waals surface area (Å²) < 4.78 is 6.41. The van der Waals surface area contributed by atoms with Gasteiger partial charge < -0.3 is 9.84 Å². The van der Waals surface area contributed by atoms with Crippen molar-refractivity contribution in [1.29, 1.82) is 0 Å². The van der Waals surface area contributed by atoms with Crippen molar-refractivity contribution in [2.75, 3.05) is 0 Å². The third-order valence-corrected chi connectivity index (χ3v) is 4.77. The maximum atomic E-state index is 12.5. The third-order valence-electron chi connectivity index (χ3n) is 4.77. The molecule has 0 saturated heterocycles. The van der Waals surface area contributed by atoms with E-state index in [2.05, 4.69) is 4.98 Å². The number of aromatic hydroxyl groups is 1. The fourth-order valence-corrected chi connectivity index (χ4v) is 3.39. The lowest BCUT2D eigenvalue weighted by Crippen LogP contribution is -2.35. The van der Waals surface area contributed by atoms with Gasteiger partial charge in [0.25, 0.3) is 5.56 Å². The number of aromatic nitrogens is 2. The van der Waals surface area contributed by atoms with E-state index in [-0.39, 0.29) is 5.56 Å². The van der Waals surface area contributed by atoms with Crippen molar-refractivity contribution in [3.05, 3.63) is 97.7 Å². The molecule has 4 rings (SSSR count). The maximum Gasteiger partial charge on any atom is 0.339 e. The summed E-state index contributed by atoms with van der Waals surface area (Å²) in [7, 11) is 0. The van der Waals surface area contributed by atoms with Gasteiger partial charge in [0.05, 0.1) is 11.6 Å². The lowest BCUT2D eigenvalue weighted by molar-refractivity contribution is 0.0448. The summed E-state index contributed by atoms with van der Waals surface area (Å²) in [6, 6.07) is 15.2. The first-order chi connectivity index (χ1) is 13.0. The molecule has 2 heterocycles. The molecule has 0 aliphatic carbocycles. The van der Waals surface area contributed by atoms with Gasteiger partial charge in [-0.1, -0.05) is 48.5 Å². The van der Waals surface area contributed by atoms with Crippen molar-refractivity contribution >= 4 is 5.97 Å². The van der Waals surface area contributed by atoms with Crippen molar-refractivity contribution in [2.24, 2.45) is 0 Å². The molecule has 1 aliphatic heterocycles. The van der Waals surface area contributed by atoms with Gasteiger partial charge in [-0.3, -0.25) is 14.3 Å². The summed E-state index contributed by atoms with van der Waals surface area (Å²) in [5.41, 5.74) is -0.123. The van der Waals surface area contributed by atoms with Crippen molar-refractivity contribution in [1.82, 2.24) is 9.55 Å². The van der Waals surface area contributed by atoms with E-state index in [0.717, 1.165) is 10.1 Å². The van der Waals surface area contributed by atoms with Crippen LogP contribution in [0.5, 0.6) is 5.88 Å². The number of H-pyrrole nitrogens is 1. The zero-order valence-electron chi connectivity index (χ0n) is 14.4. The zero-order valence-corrected chi connectivity index (χ0v) is 14.4. The molecule has 3 aromatic rings. The van der Waals surface area contributed by atoms with Crippen LogP contribution in [0.15, 0.2) is 64.2 Å². The second-order valence-electron chi connectivity index (χ2n) is 6.33. The van der Waals surface area contributed by atoms with E-state index in [1.807, 2.05) is 30.3 Å². The first-order valence-corrected chi connectivity index (χ1v) is 8.41. The average molecular weight is 364 g/mol. The van der Waals surface area contributed by atoms with Gasteiger partial charge in [0, 0.05) is 5.56 Å². The van der Waals surface area contributed by atoms with Gasteiger partial charge >= 0.3 is 11.7 Å². The molecule has 136 valence electrons. The Morgan fingerprint density at radius 3 is 2.44 bits per heavy atom. The van der Waals surface area contributed by atoms with Crippen molar-refractivity contribution < 1.29 is 14.6 Å². The molecular formula is C20H16N2O5. The minimum Gasteiger partial charge on any atom is -0.494 e. The van der Waals surface area contributed by atoms with E-state index < -0.39 is 35.2 Å². The third kappa shape index (κ3) is 2.64. The summed E-state index contributed by atoms with van der Waals surface area (Å²) in [5, 5.41) is 10.8. The highest BCUT2D eigenvalue weighted by atomic mass is 16.5. The number of hydrogen-bond donors (Lipinski definition) is 2. The standard InChI is InChI=1S/C20H16N2O5/c1-11(12-7-3-2-4-8-12)22-18(24)15(17(23)21-20(22)26)16-13-9-5-6-10-14(13)19(25)27-16/h2-11,16,24H,1H3,(H,21,23,26)/t11-,16+/m0/s1. The fourth-order valence-electron chi connectivity index (χ4n) is 3.39. The molecule has 27 heavy (non-hydrogen) atoms. The van der Waals surface area contributed by atoms with Crippen LogP contribution in [0.3, 0.4) is 0 Å². The number of aromatic amines is 1. The van der Waals surface area contributed by atoms with E-state index in [1.54, 1.807) is 31.2 Å². The Kier molecular flexibility index (Phi) is 3.92. The minimum atomic E-state index is -1.08. The highest BCUT2D eigenvalue weighted by Crippen LogP contribution is 2.37. The van der Waals surface area contributed by atoms with Crippen molar-refractivity contribution in [2.45, 2.75) is 19.1 Å². The van der Waals surface area contributed by atoms with Gasteiger partial charge in [-0.05, 0) is 18.6 Å². The molecule has 2 N–H and O–H groups in total. The summed E-state index contributed by atoms with van der Waals surface area (Å²) in [5.74, 6) is -1.10. The monoisotopic (exact) mass is 364 g/mol. The fraction of sp³-hybridized carbons (Fsp3) is 0.150.